The summed E-state index contributed by atoms with van der Waals surface area (Å²) in [5, 5.41) is 0. The first-order valence-electron chi connectivity index (χ1n) is 13.6. The summed E-state index contributed by atoms with van der Waals surface area (Å²) in [5.74, 6) is -2.11. The van der Waals surface area contributed by atoms with Crippen molar-refractivity contribution in [2.45, 2.75) is 63.7 Å². The van der Waals surface area contributed by atoms with Crippen LogP contribution in [-0.4, -0.2) is 23.0 Å². The number of nitrogens with one attached hydrogen (secondary N) is 1. The molecular weight excluding hydrogens is 501 g/mol. The van der Waals surface area contributed by atoms with E-state index in [9.17, 15) is 13.6 Å². The van der Waals surface area contributed by atoms with Gasteiger partial charge < -0.3 is 9.72 Å². The van der Waals surface area contributed by atoms with Gasteiger partial charge in [0.2, 0.25) is 0 Å². The van der Waals surface area contributed by atoms with Gasteiger partial charge in [0.25, 0.3) is 5.92 Å². The summed E-state index contributed by atoms with van der Waals surface area (Å²) in [5.41, 5.74) is 4.14. The van der Waals surface area contributed by atoms with Crippen LogP contribution in [0.3, 0.4) is 0 Å². The van der Waals surface area contributed by atoms with Crippen LogP contribution in [0.2, 0.25) is 0 Å². The minimum Gasteiger partial charge on any atom is -0.469 e. The van der Waals surface area contributed by atoms with Crippen LogP contribution < -0.4 is 0 Å². The van der Waals surface area contributed by atoms with Gasteiger partial charge in [-0.3, -0.25) is 4.79 Å². The predicted octanol–water partition coefficient (Wildman–Crippen LogP) is 8.76. The second kappa shape index (κ2) is 11.2. The molecule has 1 aromatic heterocycles. The third-order valence-electron chi connectivity index (χ3n) is 8.12. The number of rotatable bonds is 8. The Kier molecular flexibility index (Phi) is 7.78. The summed E-state index contributed by atoms with van der Waals surface area (Å²) in [4.78, 5) is 18.8. The smallest absolute Gasteiger partial charge is 0.305 e. The molecule has 0 radical (unpaired) electrons. The molecule has 1 saturated carbocycles. The molecule has 4 nitrogen and oxygen atoms in total. The second-order valence-corrected chi connectivity index (χ2v) is 10.5. The molecule has 204 valence electrons. The first-order chi connectivity index (χ1) is 18.8. The molecule has 0 bridgehead atoms. The standard InChI is InChI=1S/C32H33F3N2O2/c1-3-32(34,35)25-14-16-28-29(19-25)37-31(36-28)26-15-13-24(18-27(26)33)23-11-9-22(10-12-23)21-7-4-20(5-8-21)6-17-30(38)39-2/h9-16,18-21H,3-8,17H2,1-2H3,(H,36,37). The Hall–Kier alpha value is -3.61. The lowest BCUT2D eigenvalue weighted by Gasteiger charge is -2.28. The van der Waals surface area contributed by atoms with Crippen molar-refractivity contribution in [3.8, 4) is 22.5 Å². The van der Waals surface area contributed by atoms with Gasteiger partial charge >= 0.3 is 5.97 Å². The van der Waals surface area contributed by atoms with E-state index >= 15 is 4.39 Å². The lowest BCUT2D eigenvalue weighted by molar-refractivity contribution is -0.141. The highest BCUT2D eigenvalue weighted by atomic mass is 19.3. The molecule has 1 heterocycles. The molecule has 3 aromatic carbocycles. The molecule has 0 aliphatic heterocycles. The van der Waals surface area contributed by atoms with E-state index in [4.69, 9.17) is 4.74 Å². The Morgan fingerprint density at radius 2 is 1.72 bits per heavy atom. The van der Waals surface area contributed by atoms with Gasteiger partial charge in [-0.25, -0.2) is 18.2 Å². The lowest BCUT2D eigenvalue weighted by atomic mass is 9.77. The highest BCUT2D eigenvalue weighted by Gasteiger charge is 2.29. The maximum atomic E-state index is 15.2. The normalized spacial score (nSPS) is 17.9. The molecule has 5 rings (SSSR count). The SMILES string of the molecule is CCC(F)(F)c1ccc2nc(-c3ccc(-c4ccc(C5CCC(CCC(=O)OC)CC5)cc4)cc3F)[nH]c2c1. The Balaban J connectivity index is 1.27. The largest absolute Gasteiger partial charge is 0.469 e. The number of aromatic nitrogens is 2. The maximum absolute atomic E-state index is 15.2. The first kappa shape index (κ1) is 27.0. The summed E-state index contributed by atoms with van der Waals surface area (Å²) in [6.07, 6.45) is 5.51. The number of carbonyl (C=O) groups is 1. The molecule has 1 fully saturated rings. The Bertz CT molecular complexity index is 1450. The molecule has 39 heavy (non-hydrogen) atoms. The highest BCUT2D eigenvalue weighted by molar-refractivity contribution is 5.81. The number of imidazole rings is 1. The first-order valence-corrected chi connectivity index (χ1v) is 13.6. The fourth-order valence-corrected chi connectivity index (χ4v) is 5.61. The second-order valence-electron chi connectivity index (χ2n) is 10.5. The predicted molar refractivity (Wildman–Crippen MR) is 147 cm³/mol. The zero-order chi connectivity index (χ0) is 27.6. The summed E-state index contributed by atoms with van der Waals surface area (Å²) in [6.45, 7) is 1.44. The summed E-state index contributed by atoms with van der Waals surface area (Å²) >= 11 is 0. The van der Waals surface area contributed by atoms with Crippen LogP contribution in [0.15, 0.2) is 60.7 Å². The van der Waals surface area contributed by atoms with Gasteiger partial charge in [0.05, 0.1) is 23.7 Å². The monoisotopic (exact) mass is 534 g/mol. The topological polar surface area (TPSA) is 55.0 Å². The van der Waals surface area contributed by atoms with E-state index in [-0.39, 0.29) is 18.0 Å². The molecule has 0 atom stereocenters. The Morgan fingerprint density at radius 3 is 2.38 bits per heavy atom. The highest BCUT2D eigenvalue weighted by Crippen LogP contribution is 2.38. The van der Waals surface area contributed by atoms with Crippen molar-refractivity contribution in [1.29, 1.82) is 0 Å². The number of fused-ring (bicyclic) bond motifs is 1. The molecule has 0 unspecified atom stereocenters. The molecule has 0 amide bonds. The third-order valence-corrected chi connectivity index (χ3v) is 8.12. The van der Waals surface area contributed by atoms with E-state index in [0.29, 0.717) is 40.7 Å². The molecule has 4 aromatic rings. The van der Waals surface area contributed by atoms with Crippen LogP contribution in [0.5, 0.6) is 0 Å². The van der Waals surface area contributed by atoms with E-state index < -0.39 is 11.7 Å². The molecule has 1 N–H and O–H groups in total. The van der Waals surface area contributed by atoms with Crippen molar-refractivity contribution in [3.05, 3.63) is 77.6 Å². The molecular formula is C32H33F3N2O2. The van der Waals surface area contributed by atoms with Crippen LogP contribution in [-0.2, 0) is 15.5 Å². The number of nitrogens with zero attached hydrogens (tertiary/aromatic N) is 1. The molecule has 1 aliphatic carbocycles. The zero-order valence-corrected chi connectivity index (χ0v) is 22.3. The number of alkyl halides is 2. The van der Waals surface area contributed by atoms with Gasteiger partial charge in [-0.1, -0.05) is 43.3 Å². The molecule has 7 heteroatoms. The quantitative estimate of drug-likeness (QED) is 0.230. The average Bonchev–Trinajstić information content (AvgIpc) is 3.39. The van der Waals surface area contributed by atoms with Crippen LogP contribution >= 0.6 is 0 Å². The van der Waals surface area contributed by atoms with Crippen LogP contribution in [0, 0.1) is 11.7 Å². The third kappa shape index (κ3) is 5.87. The number of aromatic amines is 1. The van der Waals surface area contributed by atoms with E-state index in [1.165, 1.54) is 43.9 Å². The van der Waals surface area contributed by atoms with E-state index in [1.807, 2.05) is 18.2 Å². The average molecular weight is 535 g/mol. The molecule has 0 spiro atoms. The number of esters is 1. The van der Waals surface area contributed by atoms with Gasteiger partial charge in [0.15, 0.2) is 0 Å². The number of H-pyrrole nitrogens is 1. The van der Waals surface area contributed by atoms with Crippen molar-refractivity contribution in [3.63, 3.8) is 0 Å². The zero-order valence-electron chi connectivity index (χ0n) is 22.3. The number of carbonyl (C=O) groups excluding carboxylic acids is 1. The van der Waals surface area contributed by atoms with Crippen molar-refractivity contribution < 1.29 is 22.7 Å². The molecule has 0 saturated heterocycles. The maximum Gasteiger partial charge on any atom is 0.305 e. The number of halogens is 3. The van der Waals surface area contributed by atoms with Gasteiger partial charge in [-0.15, -0.1) is 0 Å². The van der Waals surface area contributed by atoms with Crippen molar-refractivity contribution >= 4 is 17.0 Å². The number of hydrogen-bond acceptors (Lipinski definition) is 3. The molecule has 1 aliphatic rings. The van der Waals surface area contributed by atoms with E-state index in [0.717, 1.165) is 43.2 Å². The number of methoxy groups -OCH3 is 1. The summed E-state index contributed by atoms with van der Waals surface area (Å²) < 4.78 is 48.2. The van der Waals surface area contributed by atoms with Crippen molar-refractivity contribution in [2.75, 3.05) is 7.11 Å². The number of ether oxygens (including phenoxy) is 1. The lowest BCUT2D eigenvalue weighted by Crippen LogP contribution is -2.15. The van der Waals surface area contributed by atoms with Gasteiger partial charge in [0, 0.05) is 18.4 Å². The van der Waals surface area contributed by atoms with Gasteiger partial charge in [-0.05, 0) is 84.9 Å². The Labute approximate surface area is 226 Å². The van der Waals surface area contributed by atoms with Crippen LogP contribution in [0.1, 0.15) is 68.9 Å². The van der Waals surface area contributed by atoms with Crippen LogP contribution in [0.25, 0.3) is 33.5 Å². The van der Waals surface area contributed by atoms with E-state index in [1.54, 1.807) is 6.07 Å². The van der Waals surface area contributed by atoms with E-state index in [2.05, 4.69) is 22.1 Å². The van der Waals surface area contributed by atoms with Crippen molar-refractivity contribution in [1.82, 2.24) is 9.97 Å². The Morgan fingerprint density at radius 1 is 1.00 bits per heavy atom. The summed E-state index contributed by atoms with van der Waals surface area (Å²) in [6, 6.07) is 17.6. The van der Waals surface area contributed by atoms with Gasteiger partial charge in [-0.2, -0.15) is 0 Å². The summed E-state index contributed by atoms with van der Waals surface area (Å²) in [7, 11) is 1.43. The number of hydrogen-bond donors (Lipinski definition) is 1. The van der Waals surface area contributed by atoms with Crippen molar-refractivity contribution in [2.24, 2.45) is 5.92 Å². The fraction of sp³-hybridized carbons (Fsp3) is 0.375. The van der Waals surface area contributed by atoms with Gasteiger partial charge in [0.1, 0.15) is 11.6 Å². The number of benzene rings is 3. The fourth-order valence-electron chi connectivity index (χ4n) is 5.61. The minimum absolute atomic E-state index is 0.0847. The minimum atomic E-state index is -2.92. The van der Waals surface area contributed by atoms with Crippen LogP contribution in [0.4, 0.5) is 13.2 Å².